The zero-order valence-electron chi connectivity index (χ0n) is 11.0. The van der Waals surface area contributed by atoms with Gasteiger partial charge in [-0.15, -0.1) is 22.7 Å². The predicted octanol–water partition coefficient (Wildman–Crippen LogP) is 5.16. The Kier molecular flexibility index (Phi) is 3.14. The largest absolute Gasteiger partial charge is 0.332 e. The Hall–Kier alpha value is -2.24. The second kappa shape index (κ2) is 5.27. The molecule has 0 spiro atoms. The van der Waals surface area contributed by atoms with E-state index in [2.05, 4.69) is 57.7 Å². The normalized spacial score (nSPS) is 10.9. The zero-order chi connectivity index (χ0) is 14.1. The molecule has 102 valence electrons. The summed E-state index contributed by atoms with van der Waals surface area (Å²) in [5.41, 5.74) is 1.98. The highest BCUT2D eigenvalue weighted by Crippen LogP contribution is 2.29. The Morgan fingerprint density at radius 2 is 1.86 bits per heavy atom. The van der Waals surface area contributed by atoms with E-state index in [-0.39, 0.29) is 0 Å². The molecule has 0 amide bonds. The smallest absolute Gasteiger partial charge is 0.187 e. The van der Waals surface area contributed by atoms with Gasteiger partial charge in [0.15, 0.2) is 5.13 Å². The molecule has 4 rings (SSSR count). The van der Waals surface area contributed by atoms with E-state index < -0.39 is 0 Å². The van der Waals surface area contributed by atoms with Crippen LogP contribution in [0.1, 0.15) is 0 Å². The fraction of sp³-hybridized carbons (Fsp3) is 0. The van der Waals surface area contributed by atoms with Crippen molar-refractivity contribution in [2.24, 2.45) is 0 Å². The van der Waals surface area contributed by atoms with Crippen LogP contribution in [0.4, 0.5) is 10.8 Å². The quantitative estimate of drug-likeness (QED) is 0.568. The van der Waals surface area contributed by atoms with Crippen molar-refractivity contribution in [1.29, 1.82) is 0 Å². The number of nitrogens with one attached hydrogen (secondary N) is 1. The molecule has 0 radical (unpaired) electrons. The average Bonchev–Trinajstić information content (AvgIpc) is 3.18. The van der Waals surface area contributed by atoms with E-state index in [9.17, 15) is 0 Å². The molecule has 0 fully saturated rings. The summed E-state index contributed by atoms with van der Waals surface area (Å²) in [5, 5.41) is 11.7. The van der Waals surface area contributed by atoms with Gasteiger partial charge in [0.25, 0.3) is 0 Å². The number of benzene rings is 2. The minimum atomic E-state index is 0.885. The fourth-order valence-electron chi connectivity index (χ4n) is 2.17. The maximum absolute atomic E-state index is 4.58. The maximum Gasteiger partial charge on any atom is 0.187 e. The van der Waals surface area contributed by atoms with Crippen LogP contribution in [0.2, 0.25) is 0 Å². The first-order chi connectivity index (χ1) is 10.4. The van der Waals surface area contributed by atoms with Crippen molar-refractivity contribution >= 4 is 44.3 Å². The third kappa shape index (κ3) is 2.53. The Balaban J connectivity index is 1.62. The lowest BCUT2D eigenvalue weighted by molar-refractivity contribution is 1.34. The van der Waals surface area contributed by atoms with Crippen molar-refractivity contribution in [3.05, 3.63) is 59.4 Å². The number of hydrogen-bond donors (Lipinski definition) is 1. The number of anilines is 2. The number of hydrogen-bond acceptors (Lipinski definition) is 5. The topological polar surface area (TPSA) is 37.8 Å². The highest BCUT2D eigenvalue weighted by molar-refractivity contribution is 7.15. The Morgan fingerprint density at radius 3 is 2.71 bits per heavy atom. The molecule has 0 bridgehead atoms. The molecule has 0 saturated heterocycles. The lowest BCUT2D eigenvalue weighted by Gasteiger charge is -2.04. The van der Waals surface area contributed by atoms with E-state index in [1.807, 2.05) is 10.8 Å². The van der Waals surface area contributed by atoms with E-state index >= 15 is 0 Å². The lowest BCUT2D eigenvalue weighted by Crippen LogP contribution is -1.89. The molecule has 5 heteroatoms. The third-order valence-corrected chi connectivity index (χ3v) is 4.71. The van der Waals surface area contributed by atoms with Gasteiger partial charge in [-0.1, -0.05) is 30.3 Å². The summed E-state index contributed by atoms with van der Waals surface area (Å²) in [6, 6.07) is 14.7. The minimum absolute atomic E-state index is 0.885. The van der Waals surface area contributed by atoms with Gasteiger partial charge in [0.2, 0.25) is 0 Å². The number of nitrogens with zero attached hydrogens (tertiary/aromatic N) is 2. The first-order valence-corrected chi connectivity index (χ1v) is 8.26. The van der Waals surface area contributed by atoms with Gasteiger partial charge in [-0.2, -0.15) is 0 Å². The SMILES string of the molecule is c1ccc2cc(Nc3nc(-c4nccs4)cs3)ccc2c1. The first-order valence-electron chi connectivity index (χ1n) is 6.50. The van der Waals surface area contributed by atoms with Crippen molar-refractivity contribution < 1.29 is 0 Å². The molecule has 3 nitrogen and oxygen atoms in total. The van der Waals surface area contributed by atoms with E-state index in [0.29, 0.717) is 0 Å². The van der Waals surface area contributed by atoms with Gasteiger partial charge in [0, 0.05) is 22.6 Å². The number of aromatic nitrogens is 2. The lowest BCUT2D eigenvalue weighted by atomic mass is 10.1. The third-order valence-electron chi connectivity index (χ3n) is 3.16. The van der Waals surface area contributed by atoms with Gasteiger partial charge in [-0.05, 0) is 22.9 Å². The van der Waals surface area contributed by atoms with Gasteiger partial charge < -0.3 is 5.32 Å². The van der Waals surface area contributed by atoms with Gasteiger partial charge in [-0.3, -0.25) is 0 Å². The molecule has 0 atom stereocenters. The van der Waals surface area contributed by atoms with Gasteiger partial charge >= 0.3 is 0 Å². The van der Waals surface area contributed by atoms with Crippen molar-refractivity contribution in [2.75, 3.05) is 5.32 Å². The van der Waals surface area contributed by atoms with Crippen LogP contribution in [-0.2, 0) is 0 Å². The summed E-state index contributed by atoms with van der Waals surface area (Å²) < 4.78 is 0. The van der Waals surface area contributed by atoms with E-state index in [1.54, 1.807) is 28.9 Å². The number of rotatable bonds is 3. The first kappa shape index (κ1) is 12.5. The molecule has 2 aromatic heterocycles. The molecule has 0 saturated carbocycles. The van der Waals surface area contributed by atoms with Crippen molar-refractivity contribution in [1.82, 2.24) is 9.97 Å². The predicted molar refractivity (Wildman–Crippen MR) is 90.5 cm³/mol. The molecule has 21 heavy (non-hydrogen) atoms. The number of thiazole rings is 2. The maximum atomic E-state index is 4.58. The zero-order valence-corrected chi connectivity index (χ0v) is 12.6. The summed E-state index contributed by atoms with van der Waals surface area (Å²) in [5.74, 6) is 0. The van der Waals surface area contributed by atoms with Gasteiger partial charge in [-0.25, -0.2) is 9.97 Å². The summed E-state index contributed by atoms with van der Waals surface area (Å²) >= 11 is 3.20. The second-order valence-corrected chi connectivity index (χ2v) is 6.31. The van der Waals surface area contributed by atoms with Gasteiger partial charge in [0.1, 0.15) is 10.7 Å². The van der Waals surface area contributed by atoms with Crippen LogP contribution in [0.25, 0.3) is 21.5 Å². The Bertz CT molecular complexity index is 881. The minimum Gasteiger partial charge on any atom is -0.332 e. The van der Waals surface area contributed by atoms with E-state index in [0.717, 1.165) is 21.5 Å². The van der Waals surface area contributed by atoms with Crippen molar-refractivity contribution in [3.63, 3.8) is 0 Å². The van der Waals surface area contributed by atoms with E-state index in [4.69, 9.17) is 0 Å². The summed E-state index contributed by atoms with van der Waals surface area (Å²) in [4.78, 5) is 8.87. The van der Waals surface area contributed by atoms with Gasteiger partial charge in [0.05, 0.1) is 0 Å². The van der Waals surface area contributed by atoms with Crippen LogP contribution in [0, 0.1) is 0 Å². The molecular weight excluding hydrogens is 298 g/mol. The monoisotopic (exact) mass is 309 g/mol. The standard InChI is InChI=1S/C16H11N3S2/c1-2-4-12-9-13(6-5-11(12)3-1)18-16-19-14(10-21-16)15-17-7-8-20-15/h1-10H,(H,18,19). The molecule has 2 heterocycles. The number of fused-ring (bicyclic) bond motifs is 1. The Morgan fingerprint density at radius 1 is 0.952 bits per heavy atom. The van der Waals surface area contributed by atoms with Crippen LogP contribution >= 0.6 is 22.7 Å². The molecular formula is C16H11N3S2. The van der Waals surface area contributed by atoms with Crippen LogP contribution in [-0.4, -0.2) is 9.97 Å². The molecule has 2 aromatic carbocycles. The average molecular weight is 309 g/mol. The highest BCUT2D eigenvalue weighted by Gasteiger charge is 2.07. The van der Waals surface area contributed by atoms with Crippen LogP contribution in [0.15, 0.2) is 59.4 Å². The van der Waals surface area contributed by atoms with Crippen molar-refractivity contribution in [2.45, 2.75) is 0 Å². The molecule has 0 aliphatic carbocycles. The molecule has 0 aliphatic heterocycles. The van der Waals surface area contributed by atoms with Crippen LogP contribution in [0.3, 0.4) is 0 Å². The molecule has 0 aliphatic rings. The van der Waals surface area contributed by atoms with Crippen LogP contribution < -0.4 is 5.32 Å². The van der Waals surface area contributed by atoms with E-state index in [1.165, 1.54) is 10.8 Å². The summed E-state index contributed by atoms with van der Waals surface area (Å²) in [6.07, 6.45) is 1.80. The van der Waals surface area contributed by atoms with Crippen LogP contribution in [0.5, 0.6) is 0 Å². The van der Waals surface area contributed by atoms with Crippen molar-refractivity contribution in [3.8, 4) is 10.7 Å². The second-order valence-electron chi connectivity index (χ2n) is 4.56. The summed E-state index contributed by atoms with van der Waals surface area (Å²) in [7, 11) is 0. The summed E-state index contributed by atoms with van der Waals surface area (Å²) in [6.45, 7) is 0. The Labute approximate surface area is 129 Å². The highest BCUT2D eigenvalue weighted by atomic mass is 32.1. The molecule has 4 aromatic rings. The fourth-order valence-corrected chi connectivity index (χ4v) is 3.56. The molecule has 0 unspecified atom stereocenters. The molecule has 1 N–H and O–H groups in total.